The fourth-order valence-electron chi connectivity index (χ4n) is 1.68. The Labute approximate surface area is 128 Å². The van der Waals surface area contributed by atoms with Crippen molar-refractivity contribution in [2.45, 2.75) is 19.4 Å². The van der Waals surface area contributed by atoms with E-state index in [2.05, 4.69) is 20.9 Å². The van der Waals surface area contributed by atoms with Crippen LogP contribution in [0.5, 0.6) is 5.75 Å². The van der Waals surface area contributed by atoms with Crippen molar-refractivity contribution in [1.29, 1.82) is 0 Å². The molecule has 0 aliphatic carbocycles. The van der Waals surface area contributed by atoms with Crippen molar-refractivity contribution in [3.8, 4) is 5.75 Å². The number of alkyl halides is 1. The van der Waals surface area contributed by atoms with E-state index in [0.717, 1.165) is 5.69 Å². The van der Waals surface area contributed by atoms with E-state index in [1.54, 1.807) is 12.1 Å². The quantitative estimate of drug-likeness (QED) is 0.578. The molecular weight excluding hydrogens is 352 g/mol. The molecule has 0 spiro atoms. The lowest BCUT2D eigenvalue weighted by Gasteiger charge is -2.11. The van der Waals surface area contributed by atoms with Crippen molar-refractivity contribution < 1.29 is 13.5 Å². The molecule has 2 aromatic rings. The molecule has 0 bridgehead atoms. The summed E-state index contributed by atoms with van der Waals surface area (Å²) < 4.78 is 33.0. The Kier molecular flexibility index (Phi) is 4.94. The minimum atomic E-state index is -0.669. The normalized spacial score (nSPS) is 10.7. The first kappa shape index (κ1) is 15.2. The molecular formula is C14H11BrClF2NO. The fraction of sp³-hybridized carbons (Fsp3) is 0.214. The van der Waals surface area contributed by atoms with E-state index in [9.17, 15) is 8.78 Å². The van der Waals surface area contributed by atoms with Crippen LogP contribution in [0, 0.1) is 18.6 Å². The Bertz CT molecular complexity index is 637. The summed E-state index contributed by atoms with van der Waals surface area (Å²) in [5.41, 5.74) is 1.20. The van der Waals surface area contributed by atoms with Gasteiger partial charge in [-0.25, -0.2) is 8.78 Å². The number of aromatic nitrogens is 1. The van der Waals surface area contributed by atoms with Gasteiger partial charge >= 0.3 is 0 Å². The van der Waals surface area contributed by atoms with Crippen molar-refractivity contribution in [3.05, 3.63) is 57.3 Å². The molecule has 0 radical (unpaired) electrons. The van der Waals surface area contributed by atoms with E-state index in [1.807, 2.05) is 6.92 Å². The molecule has 0 aliphatic heterocycles. The summed E-state index contributed by atoms with van der Waals surface area (Å²) in [5, 5.41) is 0. The highest BCUT2D eigenvalue weighted by Crippen LogP contribution is 2.25. The maximum atomic E-state index is 13.8. The maximum Gasteiger partial charge on any atom is 0.146 e. The molecule has 1 aromatic carbocycles. The van der Waals surface area contributed by atoms with Gasteiger partial charge < -0.3 is 4.74 Å². The number of halogens is 4. The molecule has 2 rings (SSSR count). The van der Waals surface area contributed by atoms with E-state index >= 15 is 0 Å². The van der Waals surface area contributed by atoms with Gasteiger partial charge in [-0.05, 0) is 47.1 Å². The van der Waals surface area contributed by atoms with Crippen molar-refractivity contribution in [2.75, 3.05) is 0 Å². The van der Waals surface area contributed by atoms with E-state index in [4.69, 9.17) is 16.3 Å². The molecule has 0 saturated heterocycles. The summed E-state index contributed by atoms with van der Waals surface area (Å²) in [6.45, 7) is 1.60. The van der Waals surface area contributed by atoms with Crippen LogP contribution in [-0.2, 0) is 12.5 Å². The Balaban J connectivity index is 2.23. The second kappa shape index (κ2) is 6.50. The third-order valence-electron chi connectivity index (χ3n) is 2.71. The Hall–Kier alpha value is -1.20. The molecule has 20 heavy (non-hydrogen) atoms. The molecule has 106 valence electrons. The molecule has 0 amide bonds. The third-order valence-corrected chi connectivity index (χ3v) is 3.57. The molecule has 1 heterocycles. The molecule has 0 fully saturated rings. The summed E-state index contributed by atoms with van der Waals surface area (Å²) in [7, 11) is 0. The van der Waals surface area contributed by atoms with Crippen LogP contribution in [-0.4, -0.2) is 4.98 Å². The van der Waals surface area contributed by atoms with Crippen molar-refractivity contribution in [2.24, 2.45) is 0 Å². The zero-order valence-corrected chi connectivity index (χ0v) is 12.9. The van der Waals surface area contributed by atoms with E-state index < -0.39 is 11.6 Å². The van der Waals surface area contributed by atoms with Crippen molar-refractivity contribution in [3.63, 3.8) is 0 Å². The van der Waals surface area contributed by atoms with Crippen LogP contribution in [0.25, 0.3) is 0 Å². The SMILES string of the molecule is Cc1ccc(OCc2c(F)ccc(Br)c2F)c(CCl)n1. The first-order valence-electron chi connectivity index (χ1n) is 5.80. The van der Waals surface area contributed by atoms with Gasteiger partial charge in [0.05, 0.1) is 21.6 Å². The second-order valence-corrected chi connectivity index (χ2v) is 5.26. The second-order valence-electron chi connectivity index (χ2n) is 4.14. The van der Waals surface area contributed by atoms with Crippen molar-refractivity contribution >= 4 is 27.5 Å². The van der Waals surface area contributed by atoms with E-state index in [-0.39, 0.29) is 22.5 Å². The highest BCUT2D eigenvalue weighted by atomic mass is 79.9. The van der Waals surface area contributed by atoms with E-state index in [1.165, 1.54) is 12.1 Å². The van der Waals surface area contributed by atoms with Crippen LogP contribution in [0.15, 0.2) is 28.7 Å². The van der Waals surface area contributed by atoms with Crippen molar-refractivity contribution in [1.82, 2.24) is 4.98 Å². The zero-order chi connectivity index (χ0) is 14.7. The van der Waals surface area contributed by atoms with Crippen LogP contribution in [0.3, 0.4) is 0 Å². The van der Waals surface area contributed by atoms with Crippen LogP contribution < -0.4 is 4.74 Å². The number of hydrogen-bond donors (Lipinski definition) is 0. The van der Waals surface area contributed by atoms with Gasteiger partial charge in [0.2, 0.25) is 0 Å². The number of rotatable bonds is 4. The van der Waals surface area contributed by atoms with Gasteiger partial charge in [0.25, 0.3) is 0 Å². The minimum absolute atomic E-state index is 0.138. The fourth-order valence-corrected chi connectivity index (χ4v) is 2.24. The Morgan fingerprint density at radius 2 is 2.00 bits per heavy atom. The van der Waals surface area contributed by atoms with Gasteiger partial charge in [-0.2, -0.15) is 0 Å². The number of aryl methyl sites for hydroxylation is 1. The molecule has 0 N–H and O–H groups in total. The summed E-state index contributed by atoms with van der Waals surface area (Å²) in [4.78, 5) is 4.21. The predicted molar refractivity (Wildman–Crippen MR) is 76.9 cm³/mol. The van der Waals surface area contributed by atoms with Gasteiger partial charge in [-0.15, -0.1) is 11.6 Å². The van der Waals surface area contributed by atoms with Gasteiger partial charge in [0.1, 0.15) is 24.0 Å². The lowest BCUT2D eigenvalue weighted by atomic mass is 10.2. The lowest BCUT2D eigenvalue weighted by molar-refractivity contribution is 0.288. The molecule has 6 heteroatoms. The monoisotopic (exact) mass is 361 g/mol. The zero-order valence-electron chi connectivity index (χ0n) is 10.6. The third kappa shape index (κ3) is 3.27. The largest absolute Gasteiger partial charge is 0.487 e. The first-order valence-corrected chi connectivity index (χ1v) is 7.13. The van der Waals surface area contributed by atoms with Gasteiger partial charge in [0, 0.05) is 5.69 Å². The highest BCUT2D eigenvalue weighted by molar-refractivity contribution is 9.10. The van der Waals surface area contributed by atoms with E-state index in [0.29, 0.717) is 11.4 Å². The van der Waals surface area contributed by atoms with Crippen LogP contribution in [0.2, 0.25) is 0 Å². The van der Waals surface area contributed by atoms with Crippen LogP contribution in [0.4, 0.5) is 8.78 Å². The molecule has 1 aromatic heterocycles. The molecule has 0 aliphatic rings. The number of ether oxygens (including phenoxy) is 1. The average Bonchev–Trinajstić information content (AvgIpc) is 2.44. The lowest BCUT2D eigenvalue weighted by Crippen LogP contribution is -2.05. The van der Waals surface area contributed by atoms with Gasteiger partial charge in [-0.1, -0.05) is 0 Å². The molecule has 0 atom stereocenters. The smallest absolute Gasteiger partial charge is 0.146 e. The number of nitrogens with zero attached hydrogens (tertiary/aromatic N) is 1. The first-order chi connectivity index (χ1) is 9.52. The number of pyridine rings is 1. The highest BCUT2D eigenvalue weighted by Gasteiger charge is 2.14. The summed E-state index contributed by atoms with van der Waals surface area (Å²) in [5.74, 6) is -0.736. The Morgan fingerprint density at radius 3 is 2.70 bits per heavy atom. The van der Waals surface area contributed by atoms with Gasteiger partial charge in [0.15, 0.2) is 0 Å². The molecule has 2 nitrogen and oxygen atoms in total. The summed E-state index contributed by atoms with van der Waals surface area (Å²) in [6, 6.07) is 5.93. The number of benzene rings is 1. The summed E-state index contributed by atoms with van der Waals surface area (Å²) in [6.07, 6.45) is 0. The number of hydrogen-bond acceptors (Lipinski definition) is 2. The predicted octanol–water partition coefficient (Wildman–Crippen LogP) is 4.75. The standard InChI is InChI=1S/C14H11BrClF2NO/c1-8-2-5-13(12(6-16)19-8)20-7-9-11(17)4-3-10(15)14(9)18/h2-5H,6-7H2,1H3. The molecule has 0 unspecified atom stereocenters. The van der Waals surface area contributed by atoms with Crippen LogP contribution >= 0.6 is 27.5 Å². The minimum Gasteiger partial charge on any atom is -0.487 e. The van der Waals surface area contributed by atoms with Crippen LogP contribution in [0.1, 0.15) is 17.0 Å². The Morgan fingerprint density at radius 1 is 1.25 bits per heavy atom. The topological polar surface area (TPSA) is 22.1 Å². The summed E-state index contributed by atoms with van der Waals surface area (Å²) >= 11 is 8.79. The molecule has 0 saturated carbocycles. The average molecular weight is 363 g/mol. The van der Waals surface area contributed by atoms with Gasteiger partial charge in [-0.3, -0.25) is 4.98 Å². The maximum absolute atomic E-state index is 13.8.